The molecule has 0 radical (unpaired) electrons. The molecule has 0 bridgehead atoms. The van der Waals surface area contributed by atoms with Gasteiger partial charge in [-0.1, -0.05) is 30.3 Å². The molecule has 164 valence electrons. The second-order valence-electron chi connectivity index (χ2n) is 7.70. The zero-order valence-electron chi connectivity index (χ0n) is 17.3. The Hall–Kier alpha value is -3.17. The third-order valence-electron chi connectivity index (χ3n) is 5.75. The van der Waals surface area contributed by atoms with Crippen LogP contribution in [0.5, 0.6) is 0 Å². The quantitative estimate of drug-likeness (QED) is 0.443. The lowest BCUT2D eigenvalue weighted by molar-refractivity contribution is 0.201. The van der Waals surface area contributed by atoms with Crippen molar-refractivity contribution in [1.29, 1.82) is 0 Å². The fourth-order valence-corrected chi connectivity index (χ4v) is 4.85. The SMILES string of the molecule is Fc1ccc([C@H](c2nnnn2Cc2cccs2)N2CCN(c3ccccc3F)CC2)cc1. The summed E-state index contributed by atoms with van der Waals surface area (Å²) in [6.45, 7) is 3.31. The summed E-state index contributed by atoms with van der Waals surface area (Å²) in [6.07, 6.45) is 0. The van der Waals surface area contributed by atoms with E-state index in [4.69, 9.17) is 0 Å². The molecule has 0 unspecified atom stereocenters. The van der Waals surface area contributed by atoms with Crippen LogP contribution >= 0.6 is 11.3 Å². The number of hydrogen-bond donors (Lipinski definition) is 0. The lowest BCUT2D eigenvalue weighted by Gasteiger charge is -2.40. The number of para-hydroxylation sites is 1. The Kier molecular flexibility index (Phi) is 5.91. The first-order chi connectivity index (χ1) is 15.7. The number of halogens is 2. The van der Waals surface area contributed by atoms with Crippen LogP contribution in [-0.4, -0.2) is 51.3 Å². The number of piperazine rings is 1. The molecule has 0 aliphatic carbocycles. The van der Waals surface area contributed by atoms with Crippen molar-refractivity contribution in [3.05, 3.63) is 93.9 Å². The highest BCUT2D eigenvalue weighted by molar-refractivity contribution is 7.09. The Morgan fingerprint density at radius 2 is 1.69 bits per heavy atom. The summed E-state index contributed by atoms with van der Waals surface area (Å²) >= 11 is 1.65. The molecule has 32 heavy (non-hydrogen) atoms. The van der Waals surface area contributed by atoms with Gasteiger partial charge in [0.15, 0.2) is 5.82 Å². The van der Waals surface area contributed by atoms with Gasteiger partial charge in [-0.2, -0.15) is 0 Å². The third-order valence-corrected chi connectivity index (χ3v) is 6.61. The zero-order chi connectivity index (χ0) is 21.9. The predicted molar refractivity (Wildman–Crippen MR) is 120 cm³/mol. The van der Waals surface area contributed by atoms with E-state index in [9.17, 15) is 8.78 Å². The van der Waals surface area contributed by atoms with E-state index in [2.05, 4.69) is 31.4 Å². The van der Waals surface area contributed by atoms with Crippen LogP contribution in [-0.2, 0) is 6.54 Å². The molecule has 2 aromatic heterocycles. The second kappa shape index (κ2) is 9.13. The van der Waals surface area contributed by atoms with Gasteiger partial charge in [0.2, 0.25) is 0 Å². The molecule has 2 aromatic carbocycles. The lowest BCUT2D eigenvalue weighted by Crippen LogP contribution is -2.48. The minimum Gasteiger partial charge on any atom is -0.367 e. The van der Waals surface area contributed by atoms with Gasteiger partial charge in [-0.15, -0.1) is 16.4 Å². The molecule has 1 fully saturated rings. The number of tetrazole rings is 1. The van der Waals surface area contributed by atoms with Crippen LogP contribution < -0.4 is 4.90 Å². The smallest absolute Gasteiger partial charge is 0.173 e. The normalized spacial score (nSPS) is 15.8. The molecule has 1 aliphatic heterocycles. The molecule has 1 saturated heterocycles. The van der Waals surface area contributed by atoms with Gasteiger partial charge in [-0.05, 0) is 51.7 Å². The first-order valence-corrected chi connectivity index (χ1v) is 11.3. The van der Waals surface area contributed by atoms with Gasteiger partial charge >= 0.3 is 0 Å². The van der Waals surface area contributed by atoms with Crippen LogP contribution in [0, 0.1) is 11.6 Å². The van der Waals surface area contributed by atoms with Crippen molar-refractivity contribution in [2.75, 3.05) is 31.1 Å². The summed E-state index contributed by atoms with van der Waals surface area (Å²) in [7, 11) is 0. The maximum absolute atomic E-state index is 14.3. The van der Waals surface area contributed by atoms with Gasteiger partial charge in [0.05, 0.1) is 18.3 Å². The Labute approximate surface area is 188 Å². The molecule has 5 rings (SSSR count). The first-order valence-electron chi connectivity index (χ1n) is 10.5. The van der Waals surface area contributed by atoms with Crippen molar-refractivity contribution >= 4 is 17.0 Å². The van der Waals surface area contributed by atoms with Crippen LogP contribution in [0.1, 0.15) is 22.3 Å². The highest BCUT2D eigenvalue weighted by atomic mass is 32.1. The third kappa shape index (κ3) is 4.26. The molecule has 0 N–H and O–H groups in total. The molecule has 1 atom stereocenters. The molecule has 3 heterocycles. The largest absolute Gasteiger partial charge is 0.367 e. The molecule has 9 heteroatoms. The summed E-state index contributed by atoms with van der Waals surface area (Å²) in [5.74, 6) is 0.218. The monoisotopic (exact) mass is 452 g/mol. The molecular weight excluding hydrogens is 430 g/mol. The molecule has 0 saturated carbocycles. The highest BCUT2D eigenvalue weighted by Gasteiger charge is 2.31. The predicted octanol–water partition coefficient (Wildman–Crippen LogP) is 3.97. The Morgan fingerprint density at radius 1 is 0.906 bits per heavy atom. The van der Waals surface area contributed by atoms with Gasteiger partial charge < -0.3 is 4.90 Å². The van der Waals surface area contributed by atoms with Crippen molar-refractivity contribution in [2.24, 2.45) is 0 Å². The minimum atomic E-state index is -0.282. The van der Waals surface area contributed by atoms with Crippen LogP contribution in [0.25, 0.3) is 0 Å². The van der Waals surface area contributed by atoms with Crippen molar-refractivity contribution < 1.29 is 8.78 Å². The lowest BCUT2D eigenvalue weighted by atomic mass is 10.0. The first kappa shape index (κ1) is 20.7. The Bertz CT molecular complexity index is 1150. The fourth-order valence-electron chi connectivity index (χ4n) is 4.17. The average Bonchev–Trinajstić information content (AvgIpc) is 3.49. The number of benzene rings is 2. The summed E-state index contributed by atoms with van der Waals surface area (Å²) < 4.78 is 29.7. The number of aromatic nitrogens is 4. The van der Waals surface area contributed by atoms with Crippen molar-refractivity contribution in [3.63, 3.8) is 0 Å². The summed E-state index contributed by atoms with van der Waals surface area (Å²) in [5.41, 5.74) is 1.54. The molecular formula is C23H22F2N6S. The minimum absolute atomic E-state index is 0.212. The molecule has 1 aliphatic rings. The molecule has 0 amide bonds. The number of hydrogen-bond acceptors (Lipinski definition) is 6. The number of nitrogens with zero attached hydrogens (tertiary/aromatic N) is 6. The van der Waals surface area contributed by atoms with Crippen LogP contribution in [0.15, 0.2) is 66.0 Å². The van der Waals surface area contributed by atoms with Crippen LogP contribution in [0.4, 0.5) is 14.5 Å². The van der Waals surface area contributed by atoms with Crippen molar-refractivity contribution in [3.8, 4) is 0 Å². The molecule has 6 nitrogen and oxygen atoms in total. The summed E-state index contributed by atoms with van der Waals surface area (Å²) in [5, 5.41) is 14.6. The Balaban J connectivity index is 1.43. The van der Waals surface area contributed by atoms with Gasteiger partial charge in [0.25, 0.3) is 0 Å². The maximum atomic E-state index is 14.3. The maximum Gasteiger partial charge on any atom is 0.173 e. The number of thiophene rings is 1. The van der Waals surface area contributed by atoms with Gasteiger partial charge in [-0.3, -0.25) is 4.90 Å². The zero-order valence-corrected chi connectivity index (χ0v) is 18.1. The summed E-state index contributed by atoms with van der Waals surface area (Å²) in [4.78, 5) is 5.49. The topological polar surface area (TPSA) is 50.1 Å². The van der Waals surface area contributed by atoms with E-state index in [0.29, 0.717) is 44.2 Å². The Morgan fingerprint density at radius 3 is 2.41 bits per heavy atom. The van der Waals surface area contributed by atoms with Crippen molar-refractivity contribution in [1.82, 2.24) is 25.1 Å². The van der Waals surface area contributed by atoms with E-state index in [0.717, 1.165) is 10.4 Å². The van der Waals surface area contributed by atoms with E-state index >= 15 is 0 Å². The molecule has 4 aromatic rings. The summed E-state index contributed by atoms with van der Waals surface area (Å²) in [6, 6.07) is 17.2. The standard InChI is InChI=1S/C23H22F2N6S/c24-18-9-7-17(8-10-18)22(23-26-27-28-31(23)16-19-4-3-15-32-19)30-13-11-29(12-14-30)21-6-2-1-5-20(21)25/h1-10,15,22H,11-14,16H2/t22-/m1/s1. The average molecular weight is 453 g/mol. The van der Waals surface area contributed by atoms with E-state index in [1.54, 1.807) is 29.5 Å². The van der Waals surface area contributed by atoms with Gasteiger partial charge in [0, 0.05) is 31.1 Å². The molecule has 0 spiro atoms. The van der Waals surface area contributed by atoms with E-state index in [1.807, 2.05) is 28.3 Å². The van der Waals surface area contributed by atoms with E-state index in [1.165, 1.54) is 18.2 Å². The fraction of sp³-hybridized carbons (Fsp3) is 0.261. The van der Waals surface area contributed by atoms with Crippen LogP contribution in [0.3, 0.4) is 0 Å². The van der Waals surface area contributed by atoms with Crippen molar-refractivity contribution in [2.45, 2.75) is 12.6 Å². The van der Waals surface area contributed by atoms with Crippen LogP contribution in [0.2, 0.25) is 0 Å². The number of anilines is 1. The van der Waals surface area contributed by atoms with Gasteiger partial charge in [-0.25, -0.2) is 13.5 Å². The number of rotatable bonds is 6. The van der Waals surface area contributed by atoms with E-state index < -0.39 is 0 Å². The van der Waals surface area contributed by atoms with E-state index in [-0.39, 0.29) is 17.7 Å². The highest BCUT2D eigenvalue weighted by Crippen LogP contribution is 2.30. The second-order valence-corrected chi connectivity index (χ2v) is 8.73. The van der Waals surface area contributed by atoms with Gasteiger partial charge in [0.1, 0.15) is 11.6 Å².